The first-order chi connectivity index (χ1) is 11.3. The highest BCUT2D eigenvalue weighted by Crippen LogP contribution is 2.22. The minimum atomic E-state index is 0.787. The number of benzene rings is 1. The van der Waals surface area contributed by atoms with Gasteiger partial charge in [0.25, 0.3) is 0 Å². The molecule has 2 aliphatic heterocycles. The summed E-state index contributed by atoms with van der Waals surface area (Å²) in [5, 5.41) is 0. The van der Waals surface area contributed by atoms with Gasteiger partial charge < -0.3 is 14.5 Å². The zero-order chi connectivity index (χ0) is 15.9. The Bertz CT molecular complexity index is 512. The third kappa shape index (κ3) is 4.71. The van der Waals surface area contributed by atoms with Gasteiger partial charge in [-0.2, -0.15) is 0 Å². The van der Waals surface area contributed by atoms with E-state index in [2.05, 4.69) is 23.1 Å². The zero-order valence-electron chi connectivity index (χ0n) is 14.0. The maximum Gasteiger partial charge on any atom is 0.209 e. The quantitative estimate of drug-likeness (QED) is 0.597. The van der Waals surface area contributed by atoms with Gasteiger partial charge in [0.05, 0.1) is 6.61 Å². The predicted octanol–water partition coefficient (Wildman–Crippen LogP) is 2.50. The van der Waals surface area contributed by atoms with E-state index >= 15 is 0 Å². The normalized spacial score (nSPS) is 19.0. The smallest absolute Gasteiger partial charge is 0.209 e. The molecule has 1 aromatic rings. The maximum absolute atomic E-state index is 10.9. The molecule has 23 heavy (non-hydrogen) atoms. The van der Waals surface area contributed by atoms with Crippen LogP contribution in [-0.2, 0) is 17.6 Å². The Kier molecular flexibility index (Phi) is 5.92. The molecule has 0 saturated carbocycles. The number of fused-ring (bicyclic) bond motifs is 1. The third-order valence-corrected chi connectivity index (χ3v) is 5.00. The fourth-order valence-electron chi connectivity index (χ4n) is 3.58. The van der Waals surface area contributed by atoms with Gasteiger partial charge in [-0.05, 0) is 68.5 Å². The average molecular weight is 316 g/mol. The van der Waals surface area contributed by atoms with Gasteiger partial charge in [-0.1, -0.05) is 12.5 Å². The van der Waals surface area contributed by atoms with Crippen molar-refractivity contribution in [2.24, 2.45) is 0 Å². The predicted molar refractivity (Wildman–Crippen MR) is 91.9 cm³/mol. The minimum Gasteiger partial charge on any atom is -0.494 e. The van der Waals surface area contributed by atoms with Crippen molar-refractivity contribution >= 4 is 6.41 Å². The Hall–Kier alpha value is -1.55. The number of amides is 1. The Morgan fingerprint density at radius 3 is 2.57 bits per heavy atom. The minimum absolute atomic E-state index is 0.787. The molecule has 4 nitrogen and oxygen atoms in total. The lowest BCUT2D eigenvalue weighted by Gasteiger charge is -2.26. The first-order valence-electron chi connectivity index (χ1n) is 9.01. The van der Waals surface area contributed by atoms with E-state index in [0.29, 0.717) is 0 Å². The van der Waals surface area contributed by atoms with Gasteiger partial charge in [0, 0.05) is 19.6 Å². The third-order valence-electron chi connectivity index (χ3n) is 5.00. The highest BCUT2D eigenvalue weighted by atomic mass is 16.5. The van der Waals surface area contributed by atoms with E-state index in [9.17, 15) is 4.79 Å². The molecule has 0 atom stereocenters. The number of carbonyl (C=O) groups excluding carboxylic acids is 1. The number of ether oxygens (including phenoxy) is 1. The van der Waals surface area contributed by atoms with E-state index in [1.165, 1.54) is 43.5 Å². The maximum atomic E-state index is 10.9. The number of rotatable bonds is 6. The number of likely N-dealkylation sites (tertiary alicyclic amines) is 1. The first kappa shape index (κ1) is 16.3. The van der Waals surface area contributed by atoms with Gasteiger partial charge in [-0.15, -0.1) is 0 Å². The van der Waals surface area contributed by atoms with Gasteiger partial charge in [0.1, 0.15) is 5.75 Å². The second kappa shape index (κ2) is 8.34. The van der Waals surface area contributed by atoms with Gasteiger partial charge in [0.2, 0.25) is 6.41 Å². The molecular formula is C19H28N2O2. The summed E-state index contributed by atoms with van der Waals surface area (Å²) in [6.07, 6.45) is 8.03. The summed E-state index contributed by atoms with van der Waals surface area (Å²) in [7, 11) is 0. The Morgan fingerprint density at radius 2 is 1.78 bits per heavy atom. The van der Waals surface area contributed by atoms with Crippen molar-refractivity contribution in [1.82, 2.24) is 9.80 Å². The molecule has 1 fully saturated rings. The van der Waals surface area contributed by atoms with Gasteiger partial charge >= 0.3 is 0 Å². The Balaban J connectivity index is 1.45. The molecule has 3 rings (SSSR count). The van der Waals surface area contributed by atoms with Crippen LogP contribution >= 0.6 is 0 Å². The van der Waals surface area contributed by atoms with Crippen molar-refractivity contribution < 1.29 is 9.53 Å². The van der Waals surface area contributed by atoms with Crippen molar-refractivity contribution in [3.05, 3.63) is 29.3 Å². The molecule has 1 aromatic carbocycles. The topological polar surface area (TPSA) is 32.8 Å². The molecule has 0 N–H and O–H groups in total. The second-order valence-corrected chi connectivity index (χ2v) is 6.68. The number of hydrogen-bond donors (Lipinski definition) is 0. The molecule has 0 unspecified atom stereocenters. The molecular weight excluding hydrogens is 288 g/mol. The molecule has 2 aliphatic rings. The fourth-order valence-corrected chi connectivity index (χ4v) is 3.58. The Morgan fingerprint density at radius 1 is 1.00 bits per heavy atom. The van der Waals surface area contributed by atoms with Gasteiger partial charge in [0.15, 0.2) is 0 Å². The molecule has 0 bridgehead atoms. The molecule has 1 amide bonds. The van der Waals surface area contributed by atoms with Crippen LogP contribution in [0.2, 0.25) is 0 Å². The zero-order valence-corrected chi connectivity index (χ0v) is 14.0. The number of piperidine rings is 1. The first-order valence-corrected chi connectivity index (χ1v) is 9.01. The molecule has 0 spiro atoms. The van der Waals surface area contributed by atoms with Gasteiger partial charge in [-0.3, -0.25) is 4.79 Å². The van der Waals surface area contributed by atoms with Crippen LogP contribution in [0.5, 0.6) is 5.75 Å². The summed E-state index contributed by atoms with van der Waals surface area (Å²) in [4.78, 5) is 15.3. The van der Waals surface area contributed by atoms with E-state index in [-0.39, 0.29) is 0 Å². The summed E-state index contributed by atoms with van der Waals surface area (Å²) >= 11 is 0. The van der Waals surface area contributed by atoms with E-state index in [0.717, 1.165) is 57.7 Å². The lowest BCUT2D eigenvalue weighted by molar-refractivity contribution is -0.118. The van der Waals surface area contributed by atoms with Crippen LogP contribution in [0.4, 0.5) is 0 Å². The highest BCUT2D eigenvalue weighted by Gasteiger charge is 2.13. The van der Waals surface area contributed by atoms with Crippen molar-refractivity contribution in [2.75, 3.05) is 39.3 Å². The van der Waals surface area contributed by atoms with Crippen LogP contribution in [0.3, 0.4) is 0 Å². The molecule has 0 aromatic heterocycles. The van der Waals surface area contributed by atoms with Crippen LogP contribution in [0.15, 0.2) is 18.2 Å². The second-order valence-electron chi connectivity index (χ2n) is 6.68. The average Bonchev–Trinajstić information content (AvgIpc) is 2.81. The van der Waals surface area contributed by atoms with E-state index in [1.807, 2.05) is 4.90 Å². The largest absolute Gasteiger partial charge is 0.494 e. The number of nitrogens with zero attached hydrogens (tertiary/aromatic N) is 2. The summed E-state index contributed by atoms with van der Waals surface area (Å²) in [5.74, 6) is 0.974. The lowest BCUT2D eigenvalue weighted by Crippen LogP contribution is -2.31. The molecule has 4 heteroatoms. The van der Waals surface area contributed by atoms with Crippen LogP contribution in [0, 0.1) is 0 Å². The van der Waals surface area contributed by atoms with Crippen LogP contribution < -0.4 is 4.74 Å². The Labute approximate surface area is 139 Å². The number of hydrogen-bond acceptors (Lipinski definition) is 3. The van der Waals surface area contributed by atoms with E-state index < -0.39 is 0 Å². The van der Waals surface area contributed by atoms with Crippen molar-refractivity contribution in [3.8, 4) is 5.75 Å². The highest BCUT2D eigenvalue weighted by molar-refractivity contribution is 5.48. The summed E-state index contributed by atoms with van der Waals surface area (Å²) < 4.78 is 5.95. The molecule has 0 radical (unpaired) electrons. The molecule has 2 heterocycles. The summed E-state index contributed by atoms with van der Waals surface area (Å²) in [6.45, 7) is 6.09. The van der Waals surface area contributed by atoms with Crippen LogP contribution in [-0.4, -0.2) is 55.5 Å². The summed E-state index contributed by atoms with van der Waals surface area (Å²) in [5.41, 5.74) is 2.69. The van der Waals surface area contributed by atoms with Crippen molar-refractivity contribution in [1.29, 1.82) is 0 Å². The van der Waals surface area contributed by atoms with Crippen LogP contribution in [0.1, 0.15) is 36.8 Å². The molecule has 0 aliphatic carbocycles. The SMILES string of the molecule is O=CN1CCc2ccc(OCCCN3CCCCC3)cc2CC1. The van der Waals surface area contributed by atoms with Crippen molar-refractivity contribution in [3.63, 3.8) is 0 Å². The van der Waals surface area contributed by atoms with E-state index in [4.69, 9.17) is 4.74 Å². The lowest BCUT2D eigenvalue weighted by atomic mass is 10.0. The fraction of sp³-hybridized carbons (Fsp3) is 0.632. The number of carbonyl (C=O) groups is 1. The van der Waals surface area contributed by atoms with Crippen LogP contribution in [0.25, 0.3) is 0 Å². The molecule has 126 valence electrons. The van der Waals surface area contributed by atoms with Gasteiger partial charge in [-0.25, -0.2) is 0 Å². The molecule has 1 saturated heterocycles. The summed E-state index contributed by atoms with van der Waals surface area (Å²) in [6, 6.07) is 6.42. The monoisotopic (exact) mass is 316 g/mol. The van der Waals surface area contributed by atoms with E-state index in [1.54, 1.807) is 0 Å². The van der Waals surface area contributed by atoms with Crippen molar-refractivity contribution in [2.45, 2.75) is 38.5 Å². The standard InChI is InChI=1S/C19H28N2O2/c22-16-21-12-7-17-5-6-19(15-18(17)8-13-21)23-14-4-11-20-9-2-1-3-10-20/h5-6,15-16H,1-4,7-14H2.